The van der Waals surface area contributed by atoms with Gasteiger partial charge < -0.3 is 15.2 Å². The van der Waals surface area contributed by atoms with Crippen LogP contribution in [0.4, 0.5) is 0 Å². The lowest BCUT2D eigenvalue weighted by atomic mass is 10.1. The van der Waals surface area contributed by atoms with Crippen LogP contribution < -0.4 is 5.32 Å². The Kier molecular flexibility index (Phi) is 4.55. The van der Waals surface area contributed by atoms with Crippen LogP contribution in [0.3, 0.4) is 0 Å². The molecule has 1 aliphatic carbocycles. The van der Waals surface area contributed by atoms with Gasteiger partial charge in [0.25, 0.3) is 0 Å². The Morgan fingerprint density at radius 3 is 2.67 bits per heavy atom. The summed E-state index contributed by atoms with van der Waals surface area (Å²) in [6.45, 7) is 2.16. The van der Waals surface area contributed by atoms with E-state index in [1.165, 1.54) is 12.8 Å². The van der Waals surface area contributed by atoms with Gasteiger partial charge >= 0.3 is 5.97 Å². The van der Waals surface area contributed by atoms with E-state index >= 15 is 0 Å². The second kappa shape index (κ2) is 5.70. The summed E-state index contributed by atoms with van der Waals surface area (Å²) in [5, 5.41) is 11.0. The Balaban J connectivity index is 2.00. The molecule has 2 N–H and O–H groups in total. The number of ether oxygens (including phenoxy) is 1. The van der Waals surface area contributed by atoms with Gasteiger partial charge in [-0.15, -0.1) is 0 Å². The molecule has 0 aromatic heterocycles. The van der Waals surface area contributed by atoms with Gasteiger partial charge in [-0.3, -0.25) is 4.79 Å². The number of carbonyl (C=O) groups excluding carboxylic acids is 1. The summed E-state index contributed by atoms with van der Waals surface area (Å²) < 4.78 is 4.65. The van der Waals surface area contributed by atoms with Gasteiger partial charge in [0.15, 0.2) is 0 Å². The number of carboxylic acid groups (broad SMARTS) is 1. The number of carboxylic acids is 1. The molecule has 5 nitrogen and oxygen atoms in total. The lowest BCUT2D eigenvalue weighted by Crippen LogP contribution is -2.32. The highest BCUT2D eigenvalue weighted by molar-refractivity contribution is 5.77. The van der Waals surface area contributed by atoms with Crippen LogP contribution in [0.5, 0.6) is 0 Å². The van der Waals surface area contributed by atoms with Gasteiger partial charge in [0, 0.05) is 6.54 Å². The number of amides is 1. The Hall–Kier alpha value is -1.10. The molecule has 1 unspecified atom stereocenters. The van der Waals surface area contributed by atoms with E-state index in [0.717, 1.165) is 5.92 Å². The van der Waals surface area contributed by atoms with Crippen molar-refractivity contribution in [2.45, 2.75) is 19.8 Å². The van der Waals surface area contributed by atoms with Crippen molar-refractivity contribution in [3.8, 4) is 0 Å². The second-order valence-corrected chi connectivity index (χ2v) is 4.01. The Labute approximate surface area is 88.8 Å². The standard InChI is InChI=1S/C10H17NO4/c1-7(8-2-3-8)4-11-9(12)5-15-6-10(13)14/h7-8H,2-6H2,1H3,(H,11,12)(H,13,14). The fourth-order valence-electron chi connectivity index (χ4n) is 1.39. The van der Waals surface area contributed by atoms with Crippen molar-refractivity contribution < 1.29 is 19.4 Å². The van der Waals surface area contributed by atoms with Crippen molar-refractivity contribution in [3.63, 3.8) is 0 Å². The van der Waals surface area contributed by atoms with E-state index in [9.17, 15) is 9.59 Å². The van der Waals surface area contributed by atoms with E-state index in [2.05, 4.69) is 17.0 Å². The van der Waals surface area contributed by atoms with Crippen LogP contribution in [0.1, 0.15) is 19.8 Å². The van der Waals surface area contributed by atoms with Crippen LogP contribution in [0.2, 0.25) is 0 Å². The highest BCUT2D eigenvalue weighted by atomic mass is 16.5. The van der Waals surface area contributed by atoms with Crippen molar-refractivity contribution in [2.75, 3.05) is 19.8 Å². The van der Waals surface area contributed by atoms with Crippen LogP contribution in [0.25, 0.3) is 0 Å². The molecule has 1 amide bonds. The zero-order valence-corrected chi connectivity index (χ0v) is 8.86. The predicted molar refractivity (Wildman–Crippen MR) is 53.4 cm³/mol. The Bertz CT molecular complexity index is 238. The summed E-state index contributed by atoms with van der Waals surface area (Å²) >= 11 is 0. The van der Waals surface area contributed by atoms with Crippen LogP contribution in [0, 0.1) is 11.8 Å². The summed E-state index contributed by atoms with van der Waals surface area (Å²) in [7, 11) is 0. The number of carbonyl (C=O) groups is 2. The molecule has 0 aliphatic heterocycles. The molecule has 86 valence electrons. The molecule has 0 aromatic carbocycles. The minimum Gasteiger partial charge on any atom is -0.480 e. The van der Waals surface area contributed by atoms with Crippen molar-refractivity contribution in [1.82, 2.24) is 5.32 Å². The minimum absolute atomic E-state index is 0.177. The van der Waals surface area contributed by atoms with Crippen LogP contribution in [-0.2, 0) is 14.3 Å². The molecule has 0 radical (unpaired) electrons. The first-order chi connectivity index (χ1) is 7.09. The first kappa shape index (κ1) is 12.0. The monoisotopic (exact) mass is 215 g/mol. The molecular formula is C10H17NO4. The average molecular weight is 215 g/mol. The highest BCUT2D eigenvalue weighted by Crippen LogP contribution is 2.35. The van der Waals surface area contributed by atoms with E-state index in [-0.39, 0.29) is 12.5 Å². The second-order valence-electron chi connectivity index (χ2n) is 4.01. The summed E-state index contributed by atoms with van der Waals surface area (Å²) in [5.41, 5.74) is 0. The molecular weight excluding hydrogens is 198 g/mol. The molecule has 1 saturated carbocycles. The molecule has 0 heterocycles. The summed E-state index contributed by atoms with van der Waals surface area (Å²) in [6, 6.07) is 0. The third kappa shape index (κ3) is 5.37. The Morgan fingerprint density at radius 1 is 1.47 bits per heavy atom. The van der Waals surface area contributed by atoms with Crippen molar-refractivity contribution >= 4 is 11.9 Å². The molecule has 15 heavy (non-hydrogen) atoms. The van der Waals surface area contributed by atoms with E-state index in [1.807, 2.05) is 0 Å². The quantitative estimate of drug-likeness (QED) is 0.638. The number of aliphatic carboxylic acids is 1. The first-order valence-corrected chi connectivity index (χ1v) is 5.16. The molecule has 1 atom stereocenters. The molecule has 0 saturated heterocycles. The molecule has 5 heteroatoms. The van der Waals surface area contributed by atoms with Gasteiger partial charge in [0.1, 0.15) is 13.2 Å². The minimum atomic E-state index is -1.06. The summed E-state index contributed by atoms with van der Waals surface area (Å²) in [4.78, 5) is 21.2. The topological polar surface area (TPSA) is 75.6 Å². The number of hydrogen-bond acceptors (Lipinski definition) is 3. The molecule has 1 rings (SSSR count). The molecule has 0 spiro atoms. The SMILES string of the molecule is CC(CNC(=O)COCC(=O)O)C1CC1. The zero-order valence-electron chi connectivity index (χ0n) is 8.86. The van der Waals surface area contributed by atoms with E-state index < -0.39 is 12.6 Å². The molecule has 0 aromatic rings. The summed E-state index contributed by atoms with van der Waals surface area (Å²) in [6.07, 6.45) is 2.51. The van der Waals surface area contributed by atoms with Gasteiger partial charge in [-0.05, 0) is 24.7 Å². The fraction of sp³-hybridized carbons (Fsp3) is 0.800. The normalized spacial score (nSPS) is 17.1. The fourth-order valence-corrected chi connectivity index (χ4v) is 1.39. The predicted octanol–water partition coefficient (Wildman–Crippen LogP) is 0.250. The van der Waals surface area contributed by atoms with Crippen LogP contribution >= 0.6 is 0 Å². The van der Waals surface area contributed by atoms with Gasteiger partial charge in [0.2, 0.25) is 5.91 Å². The van der Waals surface area contributed by atoms with Gasteiger partial charge in [0.05, 0.1) is 0 Å². The average Bonchev–Trinajstić information content (AvgIpc) is 2.96. The van der Waals surface area contributed by atoms with E-state index in [0.29, 0.717) is 12.5 Å². The molecule has 1 aliphatic rings. The lowest BCUT2D eigenvalue weighted by Gasteiger charge is -2.10. The maximum Gasteiger partial charge on any atom is 0.329 e. The third-order valence-electron chi connectivity index (χ3n) is 2.51. The first-order valence-electron chi connectivity index (χ1n) is 5.16. The van der Waals surface area contributed by atoms with Crippen molar-refractivity contribution in [2.24, 2.45) is 11.8 Å². The van der Waals surface area contributed by atoms with Gasteiger partial charge in [-0.1, -0.05) is 6.92 Å². The zero-order chi connectivity index (χ0) is 11.3. The maximum absolute atomic E-state index is 11.1. The van der Waals surface area contributed by atoms with Gasteiger partial charge in [-0.2, -0.15) is 0 Å². The maximum atomic E-state index is 11.1. The van der Waals surface area contributed by atoms with Crippen molar-refractivity contribution in [3.05, 3.63) is 0 Å². The number of hydrogen-bond donors (Lipinski definition) is 2. The number of rotatable bonds is 7. The van der Waals surface area contributed by atoms with E-state index in [1.54, 1.807) is 0 Å². The summed E-state index contributed by atoms with van der Waals surface area (Å²) in [5.74, 6) is -0.0449. The lowest BCUT2D eigenvalue weighted by molar-refractivity contribution is -0.143. The van der Waals surface area contributed by atoms with E-state index in [4.69, 9.17) is 5.11 Å². The molecule has 1 fully saturated rings. The largest absolute Gasteiger partial charge is 0.480 e. The van der Waals surface area contributed by atoms with Gasteiger partial charge in [-0.25, -0.2) is 4.79 Å². The third-order valence-corrected chi connectivity index (χ3v) is 2.51. The Morgan fingerprint density at radius 2 is 2.13 bits per heavy atom. The van der Waals surface area contributed by atoms with Crippen LogP contribution in [-0.4, -0.2) is 36.7 Å². The number of nitrogens with one attached hydrogen (secondary N) is 1. The molecule has 0 bridgehead atoms. The van der Waals surface area contributed by atoms with Crippen LogP contribution in [0.15, 0.2) is 0 Å². The highest BCUT2D eigenvalue weighted by Gasteiger charge is 2.27. The van der Waals surface area contributed by atoms with Crippen molar-refractivity contribution in [1.29, 1.82) is 0 Å². The smallest absolute Gasteiger partial charge is 0.329 e.